The molecule has 0 atom stereocenters. The SMILES string of the molecule is CCN1CCN(C(=O)Nc2c(C)cc(C)cc2Cl)CC1. The van der Waals surface area contributed by atoms with Crippen LogP contribution in [-0.4, -0.2) is 48.6 Å². The quantitative estimate of drug-likeness (QED) is 0.910. The van der Waals surface area contributed by atoms with Gasteiger partial charge in [0.2, 0.25) is 0 Å². The highest BCUT2D eigenvalue weighted by atomic mass is 35.5. The lowest BCUT2D eigenvalue weighted by molar-refractivity contribution is 0.151. The number of anilines is 1. The van der Waals surface area contributed by atoms with Crippen molar-refractivity contribution in [2.75, 3.05) is 38.0 Å². The Labute approximate surface area is 125 Å². The van der Waals surface area contributed by atoms with Crippen LogP contribution in [0.25, 0.3) is 0 Å². The second-order valence-electron chi connectivity index (χ2n) is 5.29. The van der Waals surface area contributed by atoms with Crippen LogP contribution in [0.1, 0.15) is 18.1 Å². The Morgan fingerprint density at radius 1 is 1.25 bits per heavy atom. The first-order chi connectivity index (χ1) is 9.51. The number of amides is 2. The molecular formula is C15H22ClN3O. The largest absolute Gasteiger partial charge is 0.322 e. The van der Waals surface area contributed by atoms with Crippen LogP contribution in [-0.2, 0) is 0 Å². The van der Waals surface area contributed by atoms with Gasteiger partial charge in [0.25, 0.3) is 0 Å². The number of rotatable bonds is 2. The summed E-state index contributed by atoms with van der Waals surface area (Å²) in [6, 6.07) is 3.84. The van der Waals surface area contributed by atoms with E-state index in [0.29, 0.717) is 5.02 Å². The maximum Gasteiger partial charge on any atom is 0.321 e. The summed E-state index contributed by atoms with van der Waals surface area (Å²) in [7, 11) is 0. The molecule has 1 aromatic rings. The Balaban J connectivity index is 2.02. The number of halogens is 1. The number of hydrogen-bond acceptors (Lipinski definition) is 2. The Morgan fingerprint density at radius 2 is 1.90 bits per heavy atom. The van der Waals surface area contributed by atoms with Crippen LogP contribution in [0.15, 0.2) is 12.1 Å². The molecule has 1 heterocycles. The van der Waals surface area contributed by atoms with Gasteiger partial charge in [0.15, 0.2) is 0 Å². The molecule has 1 fully saturated rings. The van der Waals surface area contributed by atoms with Crippen molar-refractivity contribution in [1.29, 1.82) is 0 Å². The van der Waals surface area contributed by atoms with Crippen molar-refractivity contribution < 1.29 is 4.79 Å². The molecule has 2 rings (SSSR count). The summed E-state index contributed by atoms with van der Waals surface area (Å²) in [6.45, 7) is 10.5. The van der Waals surface area contributed by atoms with E-state index in [0.717, 1.165) is 49.5 Å². The van der Waals surface area contributed by atoms with Crippen molar-refractivity contribution in [1.82, 2.24) is 9.80 Å². The highest BCUT2D eigenvalue weighted by Gasteiger charge is 2.21. The Kier molecular flexibility index (Phi) is 4.89. The molecule has 1 aliphatic rings. The number of likely N-dealkylation sites (N-methyl/N-ethyl adjacent to an activating group) is 1. The van der Waals surface area contributed by atoms with Gasteiger partial charge >= 0.3 is 6.03 Å². The fourth-order valence-electron chi connectivity index (χ4n) is 2.53. The van der Waals surface area contributed by atoms with Crippen LogP contribution in [0.2, 0.25) is 5.02 Å². The van der Waals surface area contributed by atoms with E-state index >= 15 is 0 Å². The predicted molar refractivity (Wildman–Crippen MR) is 83.6 cm³/mol. The van der Waals surface area contributed by atoms with Crippen molar-refractivity contribution in [2.45, 2.75) is 20.8 Å². The molecular weight excluding hydrogens is 274 g/mol. The van der Waals surface area contributed by atoms with Gasteiger partial charge in [-0.1, -0.05) is 24.6 Å². The topological polar surface area (TPSA) is 35.6 Å². The average Bonchev–Trinajstić information content (AvgIpc) is 2.42. The van der Waals surface area contributed by atoms with Crippen LogP contribution in [0.4, 0.5) is 10.5 Å². The van der Waals surface area contributed by atoms with E-state index in [9.17, 15) is 4.79 Å². The summed E-state index contributed by atoms with van der Waals surface area (Å²) < 4.78 is 0. The molecule has 0 saturated carbocycles. The van der Waals surface area contributed by atoms with Gasteiger partial charge < -0.3 is 15.1 Å². The number of nitrogens with zero attached hydrogens (tertiary/aromatic N) is 2. The third-order valence-electron chi connectivity index (χ3n) is 3.77. The van der Waals surface area contributed by atoms with Gasteiger partial charge in [0.1, 0.15) is 0 Å². The fraction of sp³-hybridized carbons (Fsp3) is 0.533. The highest BCUT2D eigenvalue weighted by Crippen LogP contribution is 2.27. The smallest absolute Gasteiger partial charge is 0.321 e. The van der Waals surface area contributed by atoms with E-state index in [1.54, 1.807) is 0 Å². The van der Waals surface area contributed by atoms with Crippen molar-refractivity contribution >= 4 is 23.3 Å². The number of piperazine rings is 1. The van der Waals surface area contributed by atoms with Crippen LogP contribution in [0, 0.1) is 13.8 Å². The molecule has 0 aliphatic carbocycles. The predicted octanol–water partition coefficient (Wildman–Crippen LogP) is 3.13. The van der Waals surface area contributed by atoms with Crippen molar-refractivity contribution in [3.8, 4) is 0 Å². The molecule has 110 valence electrons. The normalized spacial score (nSPS) is 16.3. The molecule has 0 bridgehead atoms. The fourth-order valence-corrected chi connectivity index (χ4v) is 2.90. The summed E-state index contributed by atoms with van der Waals surface area (Å²) in [5.74, 6) is 0. The molecule has 4 nitrogen and oxygen atoms in total. The minimum absolute atomic E-state index is 0.0605. The van der Waals surface area contributed by atoms with E-state index in [1.165, 1.54) is 0 Å². The van der Waals surface area contributed by atoms with Crippen LogP contribution >= 0.6 is 11.6 Å². The first kappa shape index (κ1) is 15.1. The van der Waals surface area contributed by atoms with E-state index < -0.39 is 0 Å². The van der Waals surface area contributed by atoms with Crippen LogP contribution < -0.4 is 5.32 Å². The number of hydrogen-bond donors (Lipinski definition) is 1. The molecule has 1 aromatic carbocycles. The summed E-state index contributed by atoms with van der Waals surface area (Å²) in [5.41, 5.74) is 2.82. The number of carbonyl (C=O) groups excluding carboxylic acids is 1. The lowest BCUT2D eigenvalue weighted by Gasteiger charge is -2.34. The maximum absolute atomic E-state index is 12.3. The third kappa shape index (κ3) is 3.44. The van der Waals surface area contributed by atoms with E-state index in [4.69, 9.17) is 11.6 Å². The van der Waals surface area contributed by atoms with Crippen molar-refractivity contribution in [2.24, 2.45) is 0 Å². The zero-order valence-corrected chi connectivity index (χ0v) is 13.1. The average molecular weight is 296 g/mol. The summed E-state index contributed by atoms with van der Waals surface area (Å²) in [6.07, 6.45) is 0. The van der Waals surface area contributed by atoms with Crippen LogP contribution in [0.3, 0.4) is 0 Å². The van der Waals surface area contributed by atoms with Gasteiger partial charge in [-0.25, -0.2) is 4.79 Å². The maximum atomic E-state index is 12.3. The number of nitrogens with one attached hydrogen (secondary N) is 1. The third-order valence-corrected chi connectivity index (χ3v) is 4.07. The first-order valence-electron chi connectivity index (χ1n) is 7.06. The molecule has 5 heteroatoms. The van der Waals surface area contributed by atoms with Crippen LogP contribution in [0.5, 0.6) is 0 Å². The van der Waals surface area contributed by atoms with Gasteiger partial charge in [0.05, 0.1) is 10.7 Å². The van der Waals surface area contributed by atoms with E-state index in [2.05, 4.69) is 17.1 Å². The van der Waals surface area contributed by atoms with Gasteiger partial charge in [0, 0.05) is 26.2 Å². The minimum Gasteiger partial charge on any atom is -0.322 e. The molecule has 0 spiro atoms. The molecule has 0 aromatic heterocycles. The number of urea groups is 1. The molecule has 1 N–H and O–H groups in total. The molecule has 1 saturated heterocycles. The molecule has 2 amide bonds. The molecule has 20 heavy (non-hydrogen) atoms. The van der Waals surface area contributed by atoms with Gasteiger partial charge in [-0.15, -0.1) is 0 Å². The second-order valence-corrected chi connectivity index (χ2v) is 5.70. The highest BCUT2D eigenvalue weighted by molar-refractivity contribution is 6.34. The Morgan fingerprint density at radius 3 is 2.45 bits per heavy atom. The number of benzene rings is 1. The molecule has 1 aliphatic heterocycles. The standard InChI is InChI=1S/C15H22ClN3O/c1-4-18-5-7-19(8-6-18)15(20)17-14-12(3)9-11(2)10-13(14)16/h9-10H,4-8H2,1-3H3,(H,17,20). The van der Waals surface area contributed by atoms with Crippen molar-refractivity contribution in [3.63, 3.8) is 0 Å². The lowest BCUT2D eigenvalue weighted by Crippen LogP contribution is -2.49. The summed E-state index contributed by atoms with van der Waals surface area (Å²) in [4.78, 5) is 16.5. The van der Waals surface area contributed by atoms with Gasteiger partial charge in [-0.05, 0) is 37.6 Å². The number of carbonyl (C=O) groups is 1. The molecule has 0 unspecified atom stereocenters. The summed E-state index contributed by atoms with van der Waals surface area (Å²) >= 11 is 6.22. The lowest BCUT2D eigenvalue weighted by atomic mass is 10.1. The van der Waals surface area contributed by atoms with Crippen molar-refractivity contribution in [3.05, 3.63) is 28.3 Å². The van der Waals surface area contributed by atoms with Gasteiger partial charge in [-0.2, -0.15) is 0 Å². The minimum atomic E-state index is -0.0605. The van der Waals surface area contributed by atoms with E-state index in [1.807, 2.05) is 30.9 Å². The first-order valence-corrected chi connectivity index (χ1v) is 7.44. The van der Waals surface area contributed by atoms with E-state index in [-0.39, 0.29) is 6.03 Å². The number of aryl methyl sites for hydroxylation is 2. The second kappa shape index (κ2) is 6.46. The van der Waals surface area contributed by atoms with Gasteiger partial charge in [-0.3, -0.25) is 0 Å². The summed E-state index contributed by atoms with van der Waals surface area (Å²) in [5, 5.41) is 3.54. The molecule has 0 radical (unpaired) electrons. The Bertz CT molecular complexity index is 473. The zero-order valence-electron chi connectivity index (χ0n) is 12.4. The monoisotopic (exact) mass is 295 g/mol. The zero-order chi connectivity index (χ0) is 14.7. The Hall–Kier alpha value is -1.26.